The molecule has 2 heterocycles. The number of Topliss-reactive ketones (excluding diaryl/α,β-unsaturated/α-hetero) is 1. The van der Waals surface area contributed by atoms with Gasteiger partial charge in [0.15, 0.2) is 16.6 Å². The van der Waals surface area contributed by atoms with Gasteiger partial charge in [-0.1, -0.05) is 41.1 Å². The number of carbonyl (C=O) groups excluding carboxylic acids is 2. The summed E-state index contributed by atoms with van der Waals surface area (Å²) in [6, 6.07) is 16.3. The number of aliphatic hydroxyl groups excluding tert-OH is 1. The van der Waals surface area contributed by atoms with Gasteiger partial charge in [-0.25, -0.2) is 4.98 Å². The van der Waals surface area contributed by atoms with Crippen LogP contribution in [0.4, 0.5) is 5.13 Å². The van der Waals surface area contributed by atoms with E-state index in [9.17, 15) is 14.7 Å². The van der Waals surface area contributed by atoms with Gasteiger partial charge in [-0.15, -0.1) is 0 Å². The first-order valence-electron chi connectivity index (χ1n) is 11.0. The van der Waals surface area contributed by atoms with Crippen molar-refractivity contribution in [1.29, 1.82) is 0 Å². The Morgan fingerprint density at radius 3 is 2.50 bits per heavy atom. The van der Waals surface area contributed by atoms with Gasteiger partial charge in [0.25, 0.3) is 5.78 Å². The second-order valence-electron chi connectivity index (χ2n) is 8.23. The molecule has 3 aromatic carbocycles. The van der Waals surface area contributed by atoms with Crippen LogP contribution in [0.25, 0.3) is 16.0 Å². The molecule has 0 radical (unpaired) electrons. The smallest absolute Gasteiger partial charge is 0.301 e. The van der Waals surface area contributed by atoms with E-state index in [0.717, 1.165) is 10.3 Å². The molecular formula is C27H21ClN2O5S. The molecule has 36 heavy (non-hydrogen) atoms. The number of anilines is 1. The molecule has 1 atom stereocenters. The minimum Gasteiger partial charge on any atom is -0.507 e. The molecule has 0 bridgehead atoms. The van der Waals surface area contributed by atoms with Gasteiger partial charge in [0.2, 0.25) is 0 Å². The van der Waals surface area contributed by atoms with Crippen molar-refractivity contribution in [1.82, 2.24) is 4.98 Å². The Morgan fingerprint density at radius 2 is 1.81 bits per heavy atom. The topological polar surface area (TPSA) is 89.0 Å². The number of ketones is 1. The van der Waals surface area contributed by atoms with E-state index < -0.39 is 17.7 Å². The number of rotatable bonds is 5. The minimum atomic E-state index is -1.01. The van der Waals surface area contributed by atoms with E-state index in [-0.39, 0.29) is 11.3 Å². The Labute approximate surface area is 216 Å². The number of aryl methyl sites for hydroxylation is 1. The minimum absolute atomic E-state index is 0.0793. The summed E-state index contributed by atoms with van der Waals surface area (Å²) < 4.78 is 12.0. The number of carbonyl (C=O) groups is 2. The van der Waals surface area contributed by atoms with Crippen molar-refractivity contribution in [3.05, 3.63) is 87.9 Å². The second kappa shape index (κ2) is 9.29. The molecule has 7 nitrogen and oxygen atoms in total. The number of aromatic nitrogens is 1. The number of hydrogen-bond acceptors (Lipinski definition) is 7. The highest BCUT2D eigenvalue weighted by Gasteiger charge is 2.49. The van der Waals surface area contributed by atoms with Crippen molar-refractivity contribution < 1.29 is 24.2 Å². The standard InChI is InChI=1S/C27H21ClN2O5S/c1-14-7-12-18-20(13-14)36-27(29-18)30-22(17-5-4-6-19(34-2)25(17)35-3)21(24(32)26(30)33)23(31)15-8-10-16(28)11-9-15/h4-13,22,31H,1-3H3/t22-/m1/s1. The lowest BCUT2D eigenvalue weighted by molar-refractivity contribution is -0.132. The maximum absolute atomic E-state index is 13.5. The lowest BCUT2D eigenvalue weighted by atomic mass is 9.94. The molecule has 1 amide bonds. The maximum atomic E-state index is 13.5. The lowest BCUT2D eigenvalue weighted by Crippen LogP contribution is -2.29. The van der Waals surface area contributed by atoms with Crippen LogP contribution in [0, 0.1) is 6.92 Å². The Balaban J connectivity index is 1.79. The van der Waals surface area contributed by atoms with Gasteiger partial charge < -0.3 is 14.6 Å². The number of methoxy groups -OCH3 is 2. The molecule has 1 fully saturated rings. The van der Waals surface area contributed by atoms with Crippen molar-refractivity contribution in [3.63, 3.8) is 0 Å². The summed E-state index contributed by atoms with van der Waals surface area (Å²) in [5.74, 6) is -1.17. The number of nitrogens with zero attached hydrogens (tertiary/aromatic N) is 2. The normalized spacial score (nSPS) is 17.1. The molecule has 4 aromatic rings. The SMILES string of the molecule is COc1cccc([C@@H]2C(=C(O)c3ccc(Cl)cc3)C(=O)C(=O)N2c2nc3ccc(C)cc3s2)c1OC. The zero-order valence-electron chi connectivity index (χ0n) is 19.6. The molecule has 0 unspecified atom stereocenters. The monoisotopic (exact) mass is 520 g/mol. The van der Waals surface area contributed by atoms with Crippen LogP contribution in [0.2, 0.25) is 5.02 Å². The second-order valence-corrected chi connectivity index (χ2v) is 9.67. The lowest BCUT2D eigenvalue weighted by Gasteiger charge is -2.25. The van der Waals surface area contributed by atoms with E-state index in [4.69, 9.17) is 21.1 Å². The van der Waals surface area contributed by atoms with Crippen molar-refractivity contribution in [2.45, 2.75) is 13.0 Å². The number of aliphatic hydroxyl groups is 1. The molecule has 1 aliphatic rings. The van der Waals surface area contributed by atoms with Crippen molar-refractivity contribution in [2.24, 2.45) is 0 Å². The summed E-state index contributed by atoms with van der Waals surface area (Å²) in [6.07, 6.45) is 0. The van der Waals surface area contributed by atoms with Crippen molar-refractivity contribution in [3.8, 4) is 11.5 Å². The van der Waals surface area contributed by atoms with E-state index in [2.05, 4.69) is 4.98 Å². The summed E-state index contributed by atoms with van der Waals surface area (Å²) in [7, 11) is 2.98. The number of benzene rings is 3. The van der Waals surface area contributed by atoms with Gasteiger partial charge in [0.05, 0.1) is 30.0 Å². The third-order valence-electron chi connectivity index (χ3n) is 6.03. The van der Waals surface area contributed by atoms with E-state index in [1.807, 2.05) is 25.1 Å². The van der Waals surface area contributed by atoms with Gasteiger partial charge in [0.1, 0.15) is 11.8 Å². The summed E-state index contributed by atoms with van der Waals surface area (Å²) in [4.78, 5) is 32.9. The largest absolute Gasteiger partial charge is 0.507 e. The Kier molecular flexibility index (Phi) is 6.15. The first kappa shape index (κ1) is 23.8. The molecule has 182 valence electrons. The van der Waals surface area contributed by atoms with E-state index in [1.165, 1.54) is 30.5 Å². The zero-order valence-corrected chi connectivity index (χ0v) is 21.2. The number of fused-ring (bicyclic) bond motifs is 1. The van der Waals surface area contributed by atoms with Crippen molar-refractivity contribution in [2.75, 3.05) is 19.1 Å². The van der Waals surface area contributed by atoms with Crippen molar-refractivity contribution >= 4 is 55.7 Å². The summed E-state index contributed by atoms with van der Waals surface area (Å²) in [6.45, 7) is 1.97. The van der Waals surface area contributed by atoms with E-state index in [1.54, 1.807) is 42.5 Å². The molecule has 5 rings (SSSR count). The van der Waals surface area contributed by atoms with Crippen LogP contribution in [-0.2, 0) is 9.59 Å². The molecule has 1 aromatic heterocycles. The highest BCUT2D eigenvalue weighted by atomic mass is 35.5. The maximum Gasteiger partial charge on any atom is 0.301 e. The summed E-state index contributed by atoms with van der Waals surface area (Å²) >= 11 is 7.31. The van der Waals surface area contributed by atoms with Gasteiger partial charge in [-0.2, -0.15) is 0 Å². The number of ether oxygens (including phenoxy) is 2. The fourth-order valence-electron chi connectivity index (χ4n) is 4.34. The summed E-state index contributed by atoms with van der Waals surface area (Å²) in [5, 5.41) is 12.1. The van der Waals surface area contributed by atoms with Crippen LogP contribution in [0.3, 0.4) is 0 Å². The van der Waals surface area contributed by atoms with Gasteiger partial charge >= 0.3 is 5.91 Å². The number of hydrogen-bond donors (Lipinski definition) is 1. The molecule has 1 saturated heterocycles. The first-order valence-corrected chi connectivity index (χ1v) is 12.2. The fourth-order valence-corrected chi connectivity index (χ4v) is 5.55. The van der Waals surface area contributed by atoms with Crippen LogP contribution in [0.5, 0.6) is 11.5 Å². The number of thiazole rings is 1. The molecule has 0 aliphatic carbocycles. The molecule has 1 aliphatic heterocycles. The molecule has 9 heteroatoms. The highest BCUT2D eigenvalue weighted by Crippen LogP contribution is 2.48. The molecular weight excluding hydrogens is 500 g/mol. The average molecular weight is 521 g/mol. The number of para-hydroxylation sites is 1. The Hall–Kier alpha value is -3.88. The predicted molar refractivity (Wildman–Crippen MR) is 140 cm³/mol. The predicted octanol–water partition coefficient (Wildman–Crippen LogP) is 5.90. The van der Waals surface area contributed by atoms with Crippen LogP contribution in [0.15, 0.2) is 66.2 Å². The van der Waals surface area contributed by atoms with Crippen LogP contribution < -0.4 is 14.4 Å². The fraction of sp³-hybridized carbons (Fsp3) is 0.148. The van der Waals surface area contributed by atoms with Crippen LogP contribution in [-0.4, -0.2) is 36.0 Å². The average Bonchev–Trinajstić information content (AvgIpc) is 3.40. The molecule has 0 saturated carbocycles. The third kappa shape index (κ3) is 3.88. The van der Waals surface area contributed by atoms with E-state index in [0.29, 0.717) is 38.3 Å². The Morgan fingerprint density at radius 1 is 1.06 bits per heavy atom. The molecule has 0 spiro atoms. The number of halogens is 1. The first-order chi connectivity index (χ1) is 17.3. The van der Waals surface area contributed by atoms with Gasteiger partial charge in [-0.3, -0.25) is 14.5 Å². The van der Waals surface area contributed by atoms with Gasteiger partial charge in [-0.05, 0) is 55.0 Å². The Bertz CT molecular complexity index is 1540. The quantitative estimate of drug-likeness (QED) is 0.200. The summed E-state index contributed by atoms with van der Waals surface area (Å²) in [5.41, 5.74) is 2.50. The van der Waals surface area contributed by atoms with Gasteiger partial charge in [0, 0.05) is 16.1 Å². The van der Waals surface area contributed by atoms with Crippen LogP contribution in [0.1, 0.15) is 22.7 Å². The highest BCUT2D eigenvalue weighted by molar-refractivity contribution is 7.22. The molecule has 1 N–H and O–H groups in total. The number of amides is 1. The third-order valence-corrected chi connectivity index (χ3v) is 7.30. The van der Waals surface area contributed by atoms with E-state index >= 15 is 0 Å². The zero-order chi connectivity index (χ0) is 25.6. The van der Waals surface area contributed by atoms with Crippen LogP contribution >= 0.6 is 22.9 Å².